The van der Waals surface area contributed by atoms with Gasteiger partial charge in [0, 0.05) is 25.2 Å². The Bertz CT molecular complexity index is 960. The third kappa shape index (κ3) is 4.33. The van der Waals surface area contributed by atoms with Gasteiger partial charge in [-0.2, -0.15) is 0 Å². The third-order valence-electron chi connectivity index (χ3n) is 5.60. The molecule has 2 aliphatic heterocycles. The maximum Gasteiger partial charge on any atom is 0.249 e. The highest BCUT2D eigenvalue weighted by Crippen LogP contribution is 2.28. The second kappa shape index (κ2) is 8.88. The fraction of sp³-hybridized carbons (Fsp3) is 0.348. The Balaban J connectivity index is 1.37. The minimum Gasteiger partial charge on any atom is -0.344 e. The maximum atomic E-state index is 12.9. The average molecular weight is 426 g/mol. The van der Waals surface area contributed by atoms with Crippen molar-refractivity contribution in [3.05, 3.63) is 59.1 Å². The van der Waals surface area contributed by atoms with Crippen molar-refractivity contribution in [2.24, 2.45) is 0 Å². The molecular weight excluding hydrogens is 402 g/mol. The van der Waals surface area contributed by atoms with Crippen LogP contribution in [0.4, 0.5) is 11.4 Å². The van der Waals surface area contributed by atoms with E-state index < -0.39 is 6.04 Å². The molecule has 0 aliphatic carbocycles. The van der Waals surface area contributed by atoms with Crippen LogP contribution in [0, 0.1) is 0 Å². The highest BCUT2D eigenvalue weighted by Gasteiger charge is 2.31. The first-order valence-electron chi connectivity index (χ1n) is 10.3. The molecule has 3 amide bonds. The van der Waals surface area contributed by atoms with Crippen LogP contribution in [0.1, 0.15) is 31.2 Å². The van der Waals surface area contributed by atoms with Gasteiger partial charge in [0.25, 0.3) is 0 Å². The summed E-state index contributed by atoms with van der Waals surface area (Å²) in [4.78, 5) is 40.7. The maximum absolute atomic E-state index is 12.9. The summed E-state index contributed by atoms with van der Waals surface area (Å²) in [6.07, 6.45) is 3.06. The summed E-state index contributed by atoms with van der Waals surface area (Å²) in [5.74, 6) is -0.190. The van der Waals surface area contributed by atoms with E-state index in [2.05, 4.69) is 5.32 Å². The van der Waals surface area contributed by atoms with Gasteiger partial charge < -0.3 is 15.1 Å². The van der Waals surface area contributed by atoms with E-state index in [1.165, 1.54) is 0 Å². The largest absolute Gasteiger partial charge is 0.344 e. The van der Waals surface area contributed by atoms with Crippen LogP contribution in [-0.2, 0) is 20.8 Å². The zero-order chi connectivity index (χ0) is 21.1. The summed E-state index contributed by atoms with van der Waals surface area (Å²) in [5.41, 5.74) is 2.38. The van der Waals surface area contributed by atoms with E-state index in [-0.39, 0.29) is 24.1 Å². The molecular formula is C23H24ClN3O3. The summed E-state index contributed by atoms with van der Waals surface area (Å²) in [6.45, 7) is 1.33. The van der Waals surface area contributed by atoms with Crippen LogP contribution in [0.15, 0.2) is 48.5 Å². The zero-order valence-corrected chi connectivity index (χ0v) is 17.4. The van der Waals surface area contributed by atoms with E-state index in [4.69, 9.17) is 11.6 Å². The van der Waals surface area contributed by atoms with Crippen LogP contribution < -0.4 is 15.1 Å². The molecule has 2 aromatic rings. The van der Waals surface area contributed by atoms with E-state index in [1.54, 1.807) is 15.9 Å². The van der Waals surface area contributed by atoms with Crippen LogP contribution in [0.25, 0.3) is 0 Å². The van der Waals surface area contributed by atoms with Crippen molar-refractivity contribution in [2.75, 3.05) is 22.9 Å². The number of halogens is 1. The molecule has 4 rings (SSSR count). The standard InChI is InChI=1S/C23H24ClN3O3/c24-18-5-1-2-7-20(18)27-14-3-6-19(23(27)30)25-21(28)15-16-9-11-17(12-10-16)26-13-4-8-22(26)29/h1-2,5,7,9-12,19H,3-4,6,8,13-15H2,(H,25,28)/t19-/m1/s1. The first kappa shape index (κ1) is 20.4. The first-order valence-corrected chi connectivity index (χ1v) is 10.7. The Morgan fingerprint density at radius 2 is 1.73 bits per heavy atom. The van der Waals surface area contributed by atoms with Gasteiger partial charge in [0.15, 0.2) is 0 Å². The van der Waals surface area contributed by atoms with Crippen molar-refractivity contribution in [3.8, 4) is 0 Å². The summed E-state index contributed by atoms with van der Waals surface area (Å²) < 4.78 is 0. The molecule has 6 nitrogen and oxygen atoms in total. The van der Waals surface area contributed by atoms with Gasteiger partial charge in [-0.25, -0.2) is 0 Å². The molecule has 2 aliphatic rings. The minimum absolute atomic E-state index is 0.134. The van der Waals surface area contributed by atoms with Gasteiger partial charge in [-0.15, -0.1) is 0 Å². The lowest BCUT2D eigenvalue weighted by Crippen LogP contribution is -2.52. The predicted octanol–water partition coefficient (Wildman–Crippen LogP) is 3.32. The number of hydrogen-bond donors (Lipinski definition) is 1. The van der Waals surface area contributed by atoms with Gasteiger partial charge in [0.1, 0.15) is 6.04 Å². The van der Waals surface area contributed by atoms with Crippen LogP contribution >= 0.6 is 11.6 Å². The van der Waals surface area contributed by atoms with Gasteiger partial charge in [-0.1, -0.05) is 35.9 Å². The zero-order valence-electron chi connectivity index (χ0n) is 16.6. The Hall–Kier alpha value is -2.86. The molecule has 1 atom stereocenters. The molecule has 30 heavy (non-hydrogen) atoms. The third-order valence-corrected chi connectivity index (χ3v) is 5.92. The molecule has 2 heterocycles. The SMILES string of the molecule is O=C(Cc1ccc(N2CCCC2=O)cc1)N[C@@H]1CCCN(c2ccccc2Cl)C1=O. The Kier molecular flexibility index (Phi) is 6.04. The van der Waals surface area contributed by atoms with E-state index in [1.807, 2.05) is 42.5 Å². The number of nitrogens with one attached hydrogen (secondary N) is 1. The van der Waals surface area contributed by atoms with E-state index >= 15 is 0 Å². The number of carbonyl (C=O) groups excluding carboxylic acids is 3. The molecule has 0 saturated carbocycles. The number of rotatable bonds is 5. The van der Waals surface area contributed by atoms with Crippen molar-refractivity contribution in [2.45, 2.75) is 38.1 Å². The lowest BCUT2D eigenvalue weighted by Gasteiger charge is -2.33. The van der Waals surface area contributed by atoms with Gasteiger partial charge in [-0.3, -0.25) is 14.4 Å². The van der Waals surface area contributed by atoms with Crippen molar-refractivity contribution in [1.82, 2.24) is 5.32 Å². The summed E-state index contributed by atoms with van der Waals surface area (Å²) in [7, 11) is 0. The van der Waals surface area contributed by atoms with Crippen LogP contribution in [0.5, 0.6) is 0 Å². The monoisotopic (exact) mass is 425 g/mol. The van der Waals surface area contributed by atoms with Gasteiger partial charge in [-0.05, 0) is 49.1 Å². The van der Waals surface area contributed by atoms with Gasteiger partial charge >= 0.3 is 0 Å². The highest BCUT2D eigenvalue weighted by atomic mass is 35.5. The van der Waals surface area contributed by atoms with Crippen molar-refractivity contribution in [1.29, 1.82) is 0 Å². The number of para-hydroxylation sites is 1. The number of hydrogen-bond acceptors (Lipinski definition) is 3. The topological polar surface area (TPSA) is 69.7 Å². The molecule has 0 unspecified atom stereocenters. The normalized spacial score (nSPS) is 19.3. The van der Waals surface area contributed by atoms with Crippen molar-refractivity contribution in [3.63, 3.8) is 0 Å². The molecule has 7 heteroatoms. The Morgan fingerprint density at radius 1 is 1.00 bits per heavy atom. The second-order valence-corrected chi connectivity index (χ2v) is 8.10. The molecule has 0 radical (unpaired) electrons. The molecule has 0 aromatic heterocycles. The highest BCUT2D eigenvalue weighted by molar-refractivity contribution is 6.33. The van der Waals surface area contributed by atoms with E-state index in [9.17, 15) is 14.4 Å². The second-order valence-electron chi connectivity index (χ2n) is 7.70. The van der Waals surface area contributed by atoms with Crippen molar-refractivity contribution < 1.29 is 14.4 Å². The molecule has 2 aromatic carbocycles. The number of benzene rings is 2. The molecule has 1 N–H and O–H groups in total. The molecule has 0 bridgehead atoms. The minimum atomic E-state index is -0.552. The van der Waals surface area contributed by atoms with Gasteiger partial charge in [0.05, 0.1) is 17.1 Å². The average Bonchev–Trinajstić information content (AvgIpc) is 3.17. The van der Waals surface area contributed by atoms with Crippen LogP contribution in [0.2, 0.25) is 5.02 Å². The van der Waals surface area contributed by atoms with Crippen molar-refractivity contribution >= 4 is 40.7 Å². The quantitative estimate of drug-likeness (QED) is 0.798. The predicted molar refractivity (Wildman–Crippen MR) is 117 cm³/mol. The number of piperidine rings is 1. The lowest BCUT2D eigenvalue weighted by atomic mass is 10.0. The molecule has 156 valence electrons. The smallest absolute Gasteiger partial charge is 0.249 e. The Labute approximate surface area is 180 Å². The van der Waals surface area contributed by atoms with Gasteiger partial charge in [0.2, 0.25) is 17.7 Å². The first-order chi connectivity index (χ1) is 14.5. The van der Waals surface area contributed by atoms with Crippen LogP contribution in [0.3, 0.4) is 0 Å². The summed E-state index contributed by atoms with van der Waals surface area (Å²) in [5, 5.41) is 3.40. The molecule has 2 saturated heterocycles. The number of carbonyl (C=O) groups is 3. The molecule has 0 spiro atoms. The number of anilines is 2. The summed E-state index contributed by atoms with van der Waals surface area (Å²) >= 11 is 6.25. The Morgan fingerprint density at radius 3 is 2.43 bits per heavy atom. The fourth-order valence-corrected chi connectivity index (χ4v) is 4.30. The van der Waals surface area contributed by atoms with E-state index in [0.29, 0.717) is 30.1 Å². The van der Waals surface area contributed by atoms with Crippen LogP contribution in [-0.4, -0.2) is 36.9 Å². The number of nitrogens with zero attached hydrogens (tertiary/aromatic N) is 2. The lowest BCUT2D eigenvalue weighted by molar-refractivity contribution is -0.128. The summed E-state index contributed by atoms with van der Waals surface area (Å²) in [6, 6.07) is 14.2. The number of amides is 3. The van der Waals surface area contributed by atoms with E-state index in [0.717, 1.165) is 30.6 Å². The molecule has 2 fully saturated rings. The fourth-order valence-electron chi connectivity index (χ4n) is 4.06.